The molecule has 0 aromatic heterocycles. The van der Waals surface area contributed by atoms with Crippen LogP contribution in [-0.4, -0.2) is 24.5 Å². The zero-order chi connectivity index (χ0) is 12.6. The maximum Gasteiger partial charge on any atom is 0.0237 e. The fraction of sp³-hybridized carbons (Fsp3) is 0.500. The highest BCUT2D eigenvalue weighted by atomic mass is 15.1. The normalized spacial score (nSPS) is 16.6. The summed E-state index contributed by atoms with van der Waals surface area (Å²) in [5, 5.41) is 0. The number of benzene rings is 1. The van der Waals surface area contributed by atoms with Crippen molar-refractivity contribution >= 4 is 0 Å². The van der Waals surface area contributed by atoms with Gasteiger partial charge in [0, 0.05) is 19.6 Å². The maximum atomic E-state index is 5.54. The third-order valence-electron chi connectivity index (χ3n) is 3.51. The number of rotatable bonds is 6. The summed E-state index contributed by atoms with van der Waals surface area (Å²) in [6.07, 6.45) is 7.24. The zero-order valence-corrected chi connectivity index (χ0v) is 11.1. The summed E-state index contributed by atoms with van der Waals surface area (Å²) in [4.78, 5) is 2.55. The molecule has 0 fully saturated rings. The van der Waals surface area contributed by atoms with Crippen LogP contribution in [0.1, 0.15) is 31.2 Å². The first-order valence-corrected chi connectivity index (χ1v) is 7.03. The SMILES string of the molecule is NCCCCC1=CCCN(Cc2ccccc2)C1. The lowest BCUT2D eigenvalue weighted by molar-refractivity contribution is 0.278. The first-order valence-electron chi connectivity index (χ1n) is 7.03. The van der Waals surface area contributed by atoms with Gasteiger partial charge in [0.25, 0.3) is 0 Å². The summed E-state index contributed by atoms with van der Waals surface area (Å²) in [5.41, 5.74) is 8.56. The van der Waals surface area contributed by atoms with Gasteiger partial charge < -0.3 is 5.73 Å². The number of nitrogens with two attached hydrogens (primary N) is 1. The number of nitrogens with zero attached hydrogens (tertiary/aromatic N) is 1. The van der Waals surface area contributed by atoms with E-state index in [-0.39, 0.29) is 0 Å². The smallest absolute Gasteiger partial charge is 0.0237 e. The van der Waals surface area contributed by atoms with Crippen molar-refractivity contribution < 1.29 is 0 Å². The van der Waals surface area contributed by atoms with Gasteiger partial charge in [-0.25, -0.2) is 0 Å². The summed E-state index contributed by atoms with van der Waals surface area (Å²) < 4.78 is 0. The Kier molecular flexibility index (Phi) is 5.43. The van der Waals surface area contributed by atoms with Gasteiger partial charge in [0.1, 0.15) is 0 Å². The van der Waals surface area contributed by atoms with Gasteiger partial charge in [0.05, 0.1) is 0 Å². The Labute approximate surface area is 110 Å². The van der Waals surface area contributed by atoms with E-state index in [2.05, 4.69) is 41.3 Å². The number of hydrogen-bond donors (Lipinski definition) is 1. The molecule has 1 aromatic carbocycles. The fourth-order valence-corrected chi connectivity index (χ4v) is 2.54. The summed E-state index contributed by atoms with van der Waals surface area (Å²) in [6.45, 7) is 4.23. The van der Waals surface area contributed by atoms with Crippen LogP contribution in [0, 0.1) is 0 Å². The van der Waals surface area contributed by atoms with Crippen molar-refractivity contribution in [3.63, 3.8) is 0 Å². The number of hydrogen-bond acceptors (Lipinski definition) is 2. The summed E-state index contributed by atoms with van der Waals surface area (Å²) in [5.74, 6) is 0. The van der Waals surface area contributed by atoms with Crippen molar-refractivity contribution in [3.8, 4) is 0 Å². The molecule has 0 atom stereocenters. The van der Waals surface area contributed by atoms with E-state index >= 15 is 0 Å². The fourth-order valence-electron chi connectivity index (χ4n) is 2.54. The summed E-state index contributed by atoms with van der Waals surface area (Å²) in [7, 11) is 0. The largest absolute Gasteiger partial charge is 0.330 e. The molecule has 0 spiro atoms. The van der Waals surface area contributed by atoms with Gasteiger partial charge in [-0.05, 0) is 37.8 Å². The van der Waals surface area contributed by atoms with Crippen molar-refractivity contribution in [2.24, 2.45) is 5.73 Å². The number of unbranched alkanes of at least 4 members (excludes halogenated alkanes) is 1. The predicted octanol–water partition coefficient (Wildman–Crippen LogP) is 2.95. The van der Waals surface area contributed by atoms with Crippen molar-refractivity contribution in [1.29, 1.82) is 0 Å². The topological polar surface area (TPSA) is 29.3 Å². The molecule has 18 heavy (non-hydrogen) atoms. The van der Waals surface area contributed by atoms with Crippen LogP contribution in [0.15, 0.2) is 42.0 Å². The lowest BCUT2D eigenvalue weighted by atomic mass is 10.0. The van der Waals surface area contributed by atoms with Crippen LogP contribution in [0.5, 0.6) is 0 Å². The van der Waals surface area contributed by atoms with Gasteiger partial charge in [-0.3, -0.25) is 4.90 Å². The minimum Gasteiger partial charge on any atom is -0.330 e. The molecule has 2 N–H and O–H groups in total. The van der Waals surface area contributed by atoms with E-state index in [0.717, 1.165) is 26.1 Å². The molecule has 2 rings (SSSR count). The van der Waals surface area contributed by atoms with Crippen LogP contribution >= 0.6 is 0 Å². The van der Waals surface area contributed by atoms with Crippen molar-refractivity contribution in [3.05, 3.63) is 47.5 Å². The average Bonchev–Trinajstić information content (AvgIpc) is 2.41. The van der Waals surface area contributed by atoms with E-state index in [1.54, 1.807) is 5.57 Å². The Morgan fingerprint density at radius 1 is 1.11 bits per heavy atom. The van der Waals surface area contributed by atoms with Crippen LogP contribution in [0.25, 0.3) is 0 Å². The molecule has 1 aliphatic rings. The Bertz CT molecular complexity index is 370. The molecular weight excluding hydrogens is 220 g/mol. The molecule has 98 valence electrons. The molecule has 2 heteroatoms. The van der Waals surface area contributed by atoms with E-state index < -0.39 is 0 Å². The molecule has 1 aromatic rings. The summed E-state index contributed by atoms with van der Waals surface area (Å²) >= 11 is 0. The van der Waals surface area contributed by atoms with E-state index in [4.69, 9.17) is 5.73 Å². The molecule has 0 radical (unpaired) electrons. The van der Waals surface area contributed by atoms with E-state index in [1.165, 1.54) is 31.4 Å². The third-order valence-corrected chi connectivity index (χ3v) is 3.51. The van der Waals surface area contributed by atoms with E-state index in [9.17, 15) is 0 Å². The van der Waals surface area contributed by atoms with Crippen molar-refractivity contribution in [1.82, 2.24) is 4.90 Å². The molecule has 0 bridgehead atoms. The Hall–Kier alpha value is -1.12. The van der Waals surface area contributed by atoms with E-state index in [0.29, 0.717) is 0 Å². The summed E-state index contributed by atoms with van der Waals surface area (Å²) in [6, 6.07) is 10.8. The van der Waals surface area contributed by atoms with Gasteiger partial charge in [-0.15, -0.1) is 0 Å². The second kappa shape index (κ2) is 7.34. The Morgan fingerprint density at radius 2 is 1.94 bits per heavy atom. The highest BCUT2D eigenvalue weighted by molar-refractivity contribution is 5.16. The predicted molar refractivity (Wildman–Crippen MR) is 77.3 cm³/mol. The van der Waals surface area contributed by atoms with Gasteiger partial charge >= 0.3 is 0 Å². The molecule has 0 amide bonds. The van der Waals surface area contributed by atoms with Gasteiger partial charge in [-0.1, -0.05) is 42.0 Å². The molecule has 1 aliphatic heterocycles. The molecule has 0 aliphatic carbocycles. The van der Waals surface area contributed by atoms with Crippen LogP contribution < -0.4 is 5.73 Å². The molecule has 2 nitrogen and oxygen atoms in total. The van der Waals surface area contributed by atoms with Crippen LogP contribution in [-0.2, 0) is 6.54 Å². The second-order valence-corrected chi connectivity index (χ2v) is 5.09. The molecular formula is C16H24N2. The first-order chi connectivity index (χ1) is 8.88. The van der Waals surface area contributed by atoms with Gasteiger partial charge in [0.2, 0.25) is 0 Å². The lowest BCUT2D eigenvalue weighted by Crippen LogP contribution is -2.29. The Morgan fingerprint density at radius 3 is 2.72 bits per heavy atom. The zero-order valence-electron chi connectivity index (χ0n) is 11.1. The average molecular weight is 244 g/mol. The quantitative estimate of drug-likeness (QED) is 0.616. The van der Waals surface area contributed by atoms with Gasteiger partial charge in [0.15, 0.2) is 0 Å². The van der Waals surface area contributed by atoms with Crippen LogP contribution in [0.3, 0.4) is 0 Å². The van der Waals surface area contributed by atoms with Gasteiger partial charge in [-0.2, -0.15) is 0 Å². The molecule has 0 unspecified atom stereocenters. The van der Waals surface area contributed by atoms with Crippen LogP contribution in [0.2, 0.25) is 0 Å². The molecule has 0 saturated heterocycles. The second-order valence-electron chi connectivity index (χ2n) is 5.09. The first kappa shape index (κ1) is 13.3. The van der Waals surface area contributed by atoms with E-state index in [1.807, 2.05) is 0 Å². The Balaban J connectivity index is 1.80. The van der Waals surface area contributed by atoms with Crippen molar-refractivity contribution in [2.45, 2.75) is 32.2 Å². The highest BCUT2D eigenvalue weighted by Gasteiger charge is 2.12. The molecule has 1 heterocycles. The minimum atomic E-state index is 0.820. The lowest BCUT2D eigenvalue weighted by Gasteiger charge is -2.27. The monoisotopic (exact) mass is 244 g/mol. The standard InChI is InChI=1S/C16H24N2/c17-11-5-4-9-16-10-6-12-18(14-16)13-15-7-2-1-3-8-15/h1-3,7-8,10H,4-6,9,11-14,17H2. The van der Waals surface area contributed by atoms with Crippen LogP contribution in [0.4, 0.5) is 0 Å². The van der Waals surface area contributed by atoms with Crippen molar-refractivity contribution in [2.75, 3.05) is 19.6 Å². The highest BCUT2D eigenvalue weighted by Crippen LogP contribution is 2.17. The maximum absolute atomic E-state index is 5.54. The third kappa shape index (κ3) is 4.28. The molecule has 0 saturated carbocycles. The minimum absolute atomic E-state index is 0.820.